The normalized spacial score (nSPS) is 11.5. The lowest BCUT2D eigenvalue weighted by atomic mass is 9.98. The first-order valence-electron chi connectivity index (χ1n) is 17.8. The molecule has 0 aliphatic heterocycles. The Kier molecular flexibility index (Phi) is 7.18. The number of para-hydroxylation sites is 2. The molecule has 244 valence electrons. The Bertz CT molecular complexity index is 2850. The van der Waals surface area contributed by atoms with Crippen molar-refractivity contribution in [1.29, 1.82) is 0 Å². The van der Waals surface area contributed by atoms with Crippen molar-refractivity contribution >= 4 is 60.4 Å². The van der Waals surface area contributed by atoms with E-state index in [0.29, 0.717) is 0 Å². The SMILES string of the molecule is c1ccc(N(c2ccccc2)c2ccc3c4ccc(-c5ccc(-c6ccc7ccccc7c6)cc5)cc4n(-c4ccc5ccccc5c4)c3c2)cc1. The summed E-state index contributed by atoms with van der Waals surface area (Å²) in [6.07, 6.45) is 0. The summed E-state index contributed by atoms with van der Waals surface area (Å²) in [6, 6.07) is 74.8. The van der Waals surface area contributed by atoms with Gasteiger partial charge in [0.2, 0.25) is 0 Å². The maximum Gasteiger partial charge on any atom is 0.0561 e. The summed E-state index contributed by atoms with van der Waals surface area (Å²) in [7, 11) is 0. The van der Waals surface area contributed by atoms with Gasteiger partial charge in [0.05, 0.1) is 11.0 Å². The molecule has 0 bridgehead atoms. The van der Waals surface area contributed by atoms with Crippen LogP contribution >= 0.6 is 0 Å². The highest BCUT2D eigenvalue weighted by atomic mass is 15.1. The number of nitrogens with zero attached hydrogens (tertiary/aromatic N) is 2. The van der Waals surface area contributed by atoms with E-state index in [4.69, 9.17) is 0 Å². The second kappa shape index (κ2) is 12.5. The number of anilines is 3. The molecule has 0 amide bonds. The molecular weight excluding hydrogens is 629 g/mol. The standard InChI is InChI=1S/C50H34N2/c1-3-15-43(16-4-1)51(44-17-5-2-6-18-44)46-28-30-48-47-29-26-42(38-21-19-37(20-22-38)41-24-23-35-11-7-9-13-39(35)31-41)33-49(47)52(50(48)34-46)45-27-25-36-12-8-10-14-40(36)32-45/h1-34H. The minimum atomic E-state index is 1.11. The number of fused-ring (bicyclic) bond motifs is 5. The number of aromatic nitrogens is 1. The summed E-state index contributed by atoms with van der Waals surface area (Å²) in [6.45, 7) is 0. The van der Waals surface area contributed by atoms with Crippen LogP contribution in [0.4, 0.5) is 17.1 Å². The second-order valence-electron chi connectivity index (χ2n) is 13.4. The molecule has 2 nitrogen and oxygen atoms in total. The van der Waals surface area contributed by atoms with Gasteiger partial charge in [0, 0.05) is 33.5 Å². The molecule has 9 aromatic carbocycles. The lowest BCUT2D eigenvalue weighted by molar-refractivity contribution is 1.18. The van der Waals surface area contributed by atoms with Crippen molar-refractivity contribution in [3.8, 4) is 27.9 Å². The van der Waals surface area contributed by atoms with Crippen molar-refractivity contribution in [1.82, 2.24) is 4.57 Å². The van der Waals surface area contributed by atoms with Crippen LogP contribution in [0.5, 0.6) is 0 Å². The molecule has 0 atom stereocenters. The van der Waals surface area contributed by atoms with Gasteiger partial charge >= 0.3 is 0 Å². The van der Waals surface area contributed by atoms with Gasteiger partial charge in [-0.15, -0.1) is 0 Å². The Morgan fingerprint density at radius 2 is 0.750 bits per heavy atom. The molecule has 0 spiro atoms. The zero-order chi connectivity index (χ0) is 34.4. The predicted octanol–water partition coefficient (Wildman–Crippen LogP) is 13.9. The molecule has 1 aromatic heterocycles. The molecule has 1 heterocycles. The van der Waals surface area contributed by atoms with Crippen molar-refractivity contribution in [2.75, 3.05) is 4.90 Å². The van der Waals surface area contributed by atoms with Gasteiger partial charge in [0.25, 0.3) is 0 Å². The maximum atomic E-state index is 2.45. The van der Waals surface area contributed by atoms with Crippen molar-refractivity contribution in [3.63, 3.8) is 0 Å². The molecule has 10 aromatic rings. The van der Waals surface area contributed by atoms with Gasteiger partial charge in [-0.2, -0.15) is 0 Å². The molecule has 0 saturated heterocycles. The molecule has 0 aliphatic carbocycles. The van der Waals surface area contributed by atoms with Crippen LogP contribution < -0.4 is 4.90 Å². The lowest BCUT2D eigenvalue weighted by Gasteiger charge is -2.25. The molecule has 52 heavy (non-hydrogen) atoms. The van der Waals surface area contributed by atoms with E-state index >= 15 is 0 Å². The lowest BCUT2D eigenvalue weighted by Crippen LogP contribution is -2.09. The van der Waals surface area contributed by atoms with Crippen LogP contribution in [0.2, 0.25) is 0 Å². The summed E-state index contributed by atoms with van der Waals surface area (Å²) >= 11 is 0. The maximum absolute atomic E-state index is 2.45. The van der Waals surface area contributed by atoms with Gasteiger partial charge in [0.15, 0.2) is 0 Å². The fraction of sp³-hybridized carbons (Fsp3) is 0. The number of rotatable bonds is 6. The highest BCUT2D eigenvalue weighted by molar-refractivity contribution is 6.11. The molecule has 0 N–H and O–H groups in total. The van der Waals surface area contributed by atoms with Crippen LogP contribution in [0.1, 0.15) is 0 Å². The van der Waals surface area contributed by atoms with E-state index in [9.17, 15) is 0 Å². The Hall–Kier alpha value is -6.90. The summed E-state index contributed by atoms with van der Waals surface area (Å²) in [4.78, 5) is 2.34. The van der Waals surface area contributed by atoms with Crippen molar-refractivity contribution in [2.24, 2.45) is 0 Å². The second-order valence-corrected chi connectivity index (χ2v) is 13.4. The van der Waals surface area contributed by atoms with Crippen LogP contribution in [0, 0.1) is 0 Å². The number of benzene rings is 9. The molecule has 0 fully saturated rings. The van der Waals surface area contributed by atoms with Crippen molar-refractivity contribution in [3.05, 3.63) is 206 Å². The molecule has 0 saturated carbocycles. The van der Waals surface area contributed by atoms with Gasteiger partial charge in [-0.25, -0.2) is 0 Å². The molecule has 0 radical (unpaired) electrons. The van der Waals surface area contributed by atoms with Crippen molar-refractivity contribution < 1.29 is 0 Å². The minimum Gasteiger partial charge on any atom is -0.310 e. The fourth-order valence-corrected chi connectivity index (χ4v) is 7.74. The first-order valence-corrected chi connectivity index (χ1v) is 17.8. The zero-order valence-corrected chi connectivity index (χ0v) is 28.5. The first kappa shape index (κ1) is 30.0. The van der Waals surface area contributed by atoms with Crippen LogP contribution in [-0.4, -0.2) is 4.57 Å². The molecule has 10 rings (SSSR count). The third-order valence-electron chi connectivity index (χ3n) is 10.3. The number of hydrogen-bond acceptors (Lipinski definition) is 1. The summed E-state index contributed by atoms with van der Waals surface area (Å²) in [5, 5.41) is 7.44. The van der Waals surface area contributed by atoms with Gasteiger partial charge in [-0.1, -0.05) is 146 Å². The monoisotopic (exact) mass is 662 g/mol. The third kappa shape index (κ3) is 5.21. The van der Waals surface area contributed by atoms with E-state index in [0.717, 1.165) is 22.7 Å². The first-order chi connectivity index (χ1) is 25.8. The minimum absolute atomic E-state index is 1.11. The topological polar surface area (TPSA) is 8.17 Å². The van der Waals surface area contributed by atoms with E-state index in [2.05, 4.69) is 216 Å². The van der Waals surface area contributed by atoms with E-state index in [-0.39, 0.29) is 0 Å². The third-order valence-corrected chi connectivity index (χ3v) is 10.3. The fourth-order valence-electron chi connectivity index (χ4n) is 7.74. The summed E-state index contributed by atoms with van der Waals surface area (Å²) in [5.41, 5.74) is 11.7. The molecule has 2 heteroatoms. The van der Waals surface area contributed by atoms with Gasteiger partial charge in [0.1, 0.15) is 0 Å². The van der Waals surface area contributed by atoms with E-state index in [1.54, 1.807) is 0 Å². The van der Waals surface area contributed by atoms with E-state index in [1.807, 2.05) is 0 Å². The highest BCUT2D eigenvalue weighted by Gasteiger charge is 2.18. The zero-order valence-electron chi connectivity index (χ0n) is 28.5. The van der Waals surface area contributed by atoms with E-state index < -0.39 is 0 Å². The van der Waals surface area contributed by atoms with Gasteiger partial charge in [-0.3, -0.25) is 0 Å². The van der Waals surface area contributed by atoms with Gasteiger partial charge < -0.3 is 9.47 Å². The average molecular weight is 663 g/mol. The average Bonchev–Trinajstić information content (AvgIpc) is 3.54. The van der Waals surface area contributed by atoms with Crippen molar-refractivity contribution in [2.45, 2.75) is 0 Å². The molecule has 0 aliphatic rings. The quantitative estimate of drug-likeness (QED) is 0.172. The van der Waals surface area contributed by atoms with Crippen LogP contribution in [-0.2, 0) is 0 Å². The Balaban J connectivity index is 1.15. The predicted molar refractivity (Wildman–Crippen MR) is 221 cm³/mol. The highest BCUT2D eigenvalue weighted by Crippen LogP contribution is 2.41. The summed E-state index contributed by atoms with van der Waals surface area (Å²) < 4.78 is 2.45. The Labute approximate surface area is 303 Å². The van der Waals surface area contributed by atoms with Crippen LogP contribution in [0.15, 0.2) is 206 Å². The number of hydrogen-bond donors (Lipinski definition) is 0. The Morgan fingerprint density at radius 1 is 0.288 bits per heavy atom. The summed E-state index contributed by atoms with van der Waals surface area (Å²) in [5.74, 6) is 0. The Morgan fingerprint density at radius 3 is 1.38 bits per heavy atom. The smallest absolute Gasteiger partial charge is 0.0561 e. The van der Waals surface area contributed by atoms with E-state index in [1.165, 1.54) is 65.6 Å². The molecular formula is C50H34N2. The van der Waals surface area contributed by atoms with Crippen LogP contribution in [0.3, 0.4) is 0 Å². The molecule has 0 unspecified atom stereocenters. The largest absolute Gasteiger partial charge is 0.310 e. The van der Waals surface area contributed by atoms with Gasteiger partial charge in [-0.05, 0) is 104 Å². The van der Waals surface area contributed by atoms with Crippen LogP contribution in [0.25, 0.3) is 71.3 Å².